The number of rotatable bonds is 7. The summed E-state index contributed by atoms with van der Waals surface area (Å²) >= 11 is 0. The number of phenols is 2. The Morgan fingerprint density at radius 2 is 1.34 bits per heavy atom. The molecule has 1 aliphatic rings. The number of piperidine rings is 1. The van der Waals surface area contributed by atoms with Gasteiger partial charge in [-0.05, 0) is 59.7 Å². The van der Waals surface area contributed by atoms with E-state index in [4.69, 9.17) is 9.47 Å². The molecule has 1 fully saturated rings. The van der Waals surface area contributed by atoms with Crippen LogP contribution in [-0.4, -0.2) is 54.9 Å². The molecule has 7 nitrogen and oxygen atoms in total. The van der Waals surface area contributed by atoms with E-state index in [2.05, 4.69) is 10.2 Å². The van der Waals surface area contributed by atoms with Crippen molar-refractivity contribution in [2.45, 2.75) is 0 Å². The standard InChI is InChI=1S/C28H28N2O5/c1-34-26-14-19(8-10-24(26)31)12-21-16-30(18-29-23-6-4-3-5-7-23)17-22(28(21)33)13-20-9-11-25(32)27(15-20)35-2/h3-15,29,31-32H,16-18H2,1-2H3/b21-12+,22-13+. The first kappa shape index (κ1) is 23.9. The fourth-order valence-corrected chi connectivity index (χ4v) is 3.95. The topological polar surface area (TPSA) is 91.3 Å². The SMILES string of the molecule is COc1cc(/C=C2\CN(CNc3ccccc3)C/C(=C\c3ccc(O)c(OC)c3)C2=O)ccc1O. The average molecular weight is 473 g/mol. The first-order valence-corrected chi connectivity index (χ1v) is 11.2. The minimum atomic E-state index is -0.0555. The largest absolute Gasteiger partial charge is 0.504 e. The van der Waals surface area contributed by atoms with Gasteiger partial charge in [0.15, 0.2) is 28.8 Å². The Morgan fingerprint density at radius 3 is 1.83 bits per heavy atom. The predicted octanol–water partition coefficient (Wildman–Crippen LogP) is 4.54. The fourth-order valence-electron chi connectivity index (χ4n) is 3.95. The van der Waals surface area contributed by atoms with E-state index in [1.54, 1.807) is 36.4 Å². The molecule has 0 radical (unpaired) electrons. The quantitative estimate of drug-likeness (QED) is 0.435. The van der Waals surface area contributed by atoms with E-state index in [9.17, 15) is 15.0 Å². The normalized spacial score (nSPS) is 16.5. The van der Waals surface area contributed by atoms with Crippen LogP contribution in [0.2, 0.25) is 0 Å². The number of nitrogens with zero attached hydrogens (tertiary/aromatic N) is 1. The molecule has 0 aliphatic carbocycles. The highest BCUT2D eigenvalue weighted by atomic mass is 16.5. The number of hydrogen-bond donors (Lipinski definition) is 3. The van der Waals surface area contributed by atoms with Crippen molar-refractivity contribution in [1.29, 1.82) is 0 Å². The van der Waals surface area contributed by atoms with E-state index in [1.165, 1.54) is 14.2 Å². The van der Waals surface area contributed by atoms with Crippen molar-refractivity contribution in [3.63, 3.8) is 0 Å². The predicted molar refractivity (Wildman–Crippen MR) is 137 cm³/mol. The zero-order chi connectivity index (χ0) is 24.8. The molecule has 3 aromatic rings. The third-order valence-corrected chi connectivity index (χ3v) is 5.74. The van der Waals surface area contributed by atoms with E-state index in [1.807, 2.05) is 42.5 Å². The van der Waals surface area contributed by atoms with Crippen LogP contribution in [0, 0.1) is 0 Å². The maximum atomic E-state index is 13.5. The molecule has 35 heavy (non-hydrogen) atoms. The number of nitrogens with one attached hydrogen (secondary N) is 1. The van der Waals surface area contributed by atoms with Gasteiger partial charge in [0, 0.05) is 29.9 Å². The summed E-state index contributed by atoms with van der Waals surface area (Å²) < 4.78 is 10.4. The molecule has 0 unspecified atom stereocenters. The summed E-state index contributed by atoms with van der Waals surface area (Å²) in [6.07, 6.45) is 3.65. The summed E-state index contributed by atoms with van der Waals surface area (Å²) in [5.74, 6) is 0.717. The molecule has 0 atom stereocenters. The summed E-state index contributed by atoms with van der Waals surface area (Å²) in [6.45, 7) is 1.46. The lowest BCUT2D eigenvalue weighted by Crippen LogP contribution is -2.40. The van der Waals surface area contributed by atoms with Crippen molar-refractivity contribution in [3.05, 3.63) is 89.0 Å². The molecule has 180 valence electrons. The molecule has 0 saturated carbocycles. The van der Waals surface area contributed by atoms with E-state index in [0.29, 0.717) is 42.4 Å². The lowest BCUT2D eigenvalue weighted by molar-refractivity contribution is -0.113. The monoisotopic (exact) mass is 472 g/mol. The number of para-hydroxylation sites is 1. The van der Waals surface area contributed by atoms with Gasteiger partial charge in [-0.25, -0.2) is 0 Å². The zero-order valence-corrected chi connectivity index (χ0v) is 19.7. The van der Waals surface area contributed by atoms with Gasteiger partial charge in [0.1, 0.15) is 0 Å². The molecule has 1 saturated heterocycles. The number of anilines is 1. The number of methoxy groups -OCH3 is 2. The number of benzene rings is 3. The van der Waals surface area contributed by atoms with Gasteiger partial charge in [0.2, 0.25) is 0 Å². The first-order chi connectivity index (χ1) is 17.0. The molecule has 0 spiro atoms. The van der Waals surface area contributed by atoms with Gasteiger partial charge >= 0.3 is 0 Å². The molecule has 0 aromatic heterocycles. The smallest absolute Gasteiger partial charge is 0.187 e. The van der Waals surface area contributed by atoms with E-state index in [0.717, 1.165) is 16.8 Å². The van der Waals surface area contributed by atoms with Crippen molar-refractivity contribution in [1.82, 2.24) is 4.90 Å². The third kappa shape index (κ3) is 5.83. The molecule has 0 bridgehead atoms. The van der Waals surface area contributed by atoms with Crippen LogP contribution in [0.15, 0.2) is 77.9 Å². The van der Waals surface area contributed by atoms with Crippen LogP contribution < -0.4 is 14.8 Å². The van der Waals surface area contributed by atoms with Crippen LogP contribution in [0.4, 0.5) is 5.69 Å². The van der Waals surface area contributed by atoms with Gasteiger partial charge in [0.25, 0.3) is 0 Å². The number of phenolic OH excluding ortho intramolecular Hbond substituents is 2. The Balaban J connectivity index is 1.66. The second-order valence-corrected chi connectivity index (χ2v) is 8.22. The van der Waals surface area contributed by atoms with Gasteiger partial charge in [-0.3, -0.25) is 9.69 Å². The molecule has 4 rings (SSSR count). The molecular formula is C28H28N2O5. The number of hydrogen-bond acceptors (Lipinski definition) is 7. The van der Waals surface area contributed by atoms with Crippen molar-refractivity contribution < 1.29 is 24.5 Å². The summed E-state index contributed by atoms with van der Waals surface area (Å²) in [7, 11) is 2.98. The molecule has 1 heterocycles. The summed E-state index contributed by atoms with van der Waals surface area (Å²) in [5.41, 5.74) is 3.75. The third-order valence-electron chi connectivity index (χ3n) is 5.74. The van der Waals surface area contributed by atoms with E-state index in [-0.39, 0.29) is 17.3 Å². The lowest BCUT2D eigenvalue weighted by atomic mass is 9.94. The Labute approximate surface area is 204 Å². The van der Waals surface area contributed by atoms with E-state index >= 15 is 0 Å². The van der Waals surface area contributed by atoms with Crippen molar-refractivity contribution in [2.75, 3.05) is 39.3 Å². The summed E-state index contributed by atoms with van der Waals surface area (Å²) in [6, 6.07) is 19.9. The van der Waals surface area contributed by atoms with E-state index < -0.39 is 0 Å². The van der Waals surface area contributed by atoms with Gasteiger partial charge < -0.3 is 25.0 Å². The number of Topliss-reactive ketones (excluding diaryl/α,β-unsaturated/α-hetero) is 1. The number of ketones is 1. The molecule has 0 amide bonds. The highest BCUT2D eigenvalue weighted by Crippen LogP contribution is 2.30. The molecule has 7 heteroatoms. The van der Waals surface area contributed by atoms with Crippen molar-refractivity contribution in [2.24, 2.45) is 0 Å². The van der Waals surface area contributed by atoms with Crippen LogP contribution in [0.25, 0.3) is 12.2 Å². The maximum Gasteiger partial charge on any atom is 0.187 e. The Bertz CT molecular complexity index is 1190. The van der Waals surface area contributed by atoms with Gasteiger partial charge in [-0.15, -0.1) is 0 Å². The first-order valence-electron chi connectivity index (χ1n) is 11.2. The lowest BCUT2D eigenvalue weighted by Gasteiger charge is -2.30. The minimum absolute atomic E-state index is 0.0418. The van der Waals surface area contributed by atoms with Gasteiger partial charge in [-0.2, -0.15) is 0 Å². The fraction of sp³-hybridized carbons (Fsp3) is 0.179. The van der Waals surface area contributed by atoms with Crippen LogP contribution in [0.3, 0.4) is 0 Å². The maximum absolute atomic E-state index is 13.5. The number of carbonyl (C=O) groups is 1. The van der Waals surface area contributed by atoms with Crippen LogP contribution in [0.1, 0.15) is 11.1 Å². The van der Waals surface area contributed by atoms with Crippen LogP contribution >= 0.6 is 0 Å². The Morgan fingerprint density at radius 1 is 0.829 bits per heavy atom. The minimum Gasteiger partial charge on any atom is -0.504 e. The Hall–Kier alpha value is -4.23. The summed E-state index contributed by atoms with van der Waals surface area (Å²) in [4.78, 5) is 15.6. The van der Waals surface area contributed by atoms with Crippen LogP contribution in [0.5, 0.6) is 23.0 Å². The van der Waals surface area contributed by atoms with Crippen LogP contribution in [-0.2, 0) is 4.79 Å². The number of carbonyl (C=O) groups excluding carboxylic acids is 1. The highest BCUT2D eigenvalue weighted by Gasteiger charge is 2.26. The van der Waals surface area contributed by atoms with Crippen molar-refractivity contribution >= 4 is 23.6 Å². The van der Waals surface area contributed by atoms with Gasteiger partial charge in [-0.1, -0.05) is 30.3 Å². The highest BCUT2D eigenvalue weighted by molar-refractivity contribution is 6.14. The number of aromatic hydroxyl groups is 2. The second-order valence-electron chi connectivity index (χ2n) is 8.22. The zero-order valence-electron chi connectivity index (χ0n) is 19.7. The average Bonchev–Trinajstić information content (AvgIpc) is 2.88. The second kappa shape index (κ2) is 10.8. The summed E-state index contributed by atoms with van der Waals surface area (Å²) in [5, 5.41) is 23.2. The number of likely N-dealkylation sites (tertiary alicyclic amines) is 1. The Kier molecular flexibility index (Phi) is 7.38. The number of ether oxygens (including phenoxy) is 2. The molecular weight excluding hydrogens is 444 g/mol. The van der Waals surface area contributed by atoms with Crippen molar-refractivity contribution in [3.8, 4) is 23.0 Å². The molecule has 3 aromatic carbocycles. The molecule has 3 N–H and O–H groups in total. The van der Waals surface area contributed by atoms with Gasteiger partial charge in [0.05, 0.1) is 20.9 Å². The molecule has 1 aliphatic heterocycles.